The maximum atomic E-state index is 12.9. The van der Waals surface area contributed by atoms with Crippen molar-refractivity contribution >= 4 is 81.8 Å². The van der Waals surface area contributed by atoms with E-state index in [1.54, 1.807) is 44.1 Å². The minimum absolute atomic E-state index is 0.0644. The third-order valence-corrected chi connectivity index (χ3v) is 29.4. The second-order valence-electron chi connectivity index (χ2n) is 40.1. The molecule has 3 N–H and O–H groups in total. The number of Topliss-reactive ketones (excluding diaryl/α,β-unsaturated/α-hetero) is 4. The van der Waals surface area contributed by atoms with E-state index in [0.717, 1.165) is 147 Å². The predicted octanol–water partition coefficient (Wildman–Crippen LogP) is 19.8. The van der Waals surface area contributed by atoms with Crippen LogP contribution in [0.25, 0.3) is 0 Å². The van der Waals surface area contributed by atoms with Crippen LogP contribution in [-0.2, 0) is 148 Å². The Morgan fingerprint density at radius 3 is 1.05 bits per heavy atom. The van der Waals surface area contributed by atoms with Crippen molar-refractivity contribution in [3.05, 3.63) is 414 Å². The third kappa shape index (κ3) is 29.3. The van der Waals surface area contributed by atoms with Gasteiger partial charge in [-0.3, -0.25) is 67.7 Å². The number of carbonyl (C=O) groups excluding carboxylic acids is 11. The molecule has 0 radical (unpaired) electrons. The molecule has 3 saturated heterocycles. The summed E-state index contributed by atoms with van der Waals surface area (Å²) in [4.78, 5) is 162. The number of nitrogens with zero attached hydrogens (tertiary/aromatic N) is 9. The van der Waals surface area contributed by atoms with E-state index in [1.807, 2.05) is 153 Å². The molecule has 26 heteroatoms. The maximum Gasteiger partial charge on any atom is 0.255 e. The summed E-state index contributed by atoms with van der Waals surface area (Å²) in [7, 11) is 0. The summed E-state index contributed by atoms with van der Waals surface area (Å²) in [5, 5.41) is 18.1. The molecule has 7 aliphatic heterocycles. The molecule has 4 unspecified atom stereocenters. The summed E-state index contributed by atoms with van der Waals surface area (Å²) in [5.74, 6) is 0.483. The SMILES string of the molecule is C=C1CCC(N2Cc3cc(CCC(=O)Cc4ccc(CCCCc5ccncc5)cc4)ccc3C2=O)C(=O)N1.C=C1CCC(N2Cc3cc(CCC(=O)Cc4ccc(CCCCc5ccncc5)cc4)ccc3C2=O)C(=O)N1.C=C1CCC(N2Cc3cc(CCC(=O)Cc4ccc(COCOc5ccncc5)cc4)ccc3C2=O)C(=O)N1.C=C1CCC(N2Cc3cc(CCC(Cc4ccc(C)c(Cl)c4)=NC#N)ccc3C2=O)C(=O)C1. The number of benzene rings is 8. The first-order chi connectivity index (χ1) is 72.7. The standard InChI is InChI=1S/2C33H35N3O3.C31H31N3O5.C27H26ClN3O2/c2*1-23-6-15-31(32(38)35-23)36-22-28-20-26(12-14-30(28)33(36)39)11-13-29(37)21-27-9-7-24(8-10-27)4-2-3-5-25-16-18-34-19-17-25;1-21-2-11-29(30(36)33-21)34-18-25-16-22(8-10-28(25)31(34)37)7-9-26(35)17-23-3-5-24(6-4-23)19-38-20-39-27-12-14-32-15-13-27;1-17-3-10-25(26(32)11-17)31-15-21-12-19(7-9-23(21)27(31)33)6-8-22(30-16-29)13-20-5-4-18(2)24(28)14-20/h2*7-10,12,14,16-20,31H,1-6,11,13,15,21-22H2,(H,35,38);3-6,8,10,12-16,29H,1-2,7,9,11,17-20H2,(H,33,36);4-5,7,9,12,14,25H,1,3,6,8,10-11,13,15H2,2H3. The molecule has 8 aliphatic rings. The smallest absolute Gasteiger partial charge is 0.255 e. The average molecular weight is 2030 g/mol. The lowest BCUT2D eigenvalue weighted by Crippen LogP contribution is -2.49. The maximum absolute atomic E-state index is 12.9. The molecule has 150 heavy (non-hydrogen) atoms. The summed E-state index contributed by atoms with van der Waals surface area (Å²) in [5.41, 5.74) is 25.7. The van der Waals surface area contributed by atoms with E-state index in [4.69, 9.17) is 26.3 Å². The molecule has 0 spiro atoms. The Morgan fingerprint density at radius 1 is 0.380 bits per heavy atom. The van der Waals surface area contributed by atoms with Crippen molar-refractivity contribution in [3.63, 3.8) is 0 Å². The molecule has 1 aliphatic carbocycles. The number of hydrogen-bond donors (Lipinski definition) is 3. The monoisotopic (exact) mass is 2030 g/mol. The summed E-state index contributed by atoms with van der Waals surface area (Å²) in [6.07, 6.45) is 33.4. The van der Waals surface area contributed by atoms with E-state index in [-0.39, 0.29) is 77.3 Å². The Bertz CT molecular complexity index is 6460. The highest BCUT2D eigenvalue weighted by Gasteiger charge is 2.43. The van der Waals surface area contributed by atoms with Crippen LogP contribution in [0.5, 0.6) is 5.75 Å². The van der Waals surface area contributed by atoms with Crippen molar-refractivity contribution in [1.29, 1.82) is 5.26 Å². The number of nitriles is 1. The fraction of sp³-hybridized carbons (Fsp3) is 0.323. The van der Waals surface area contributed by atoms with Gasteiger partial charge in [0, 0.05) is 165 Å². The third-order valence-electron chi connectivity index (χ3n) is 29.0. The topological polar surface area (TPSA) is 330 Å². The van der Waals surface area contributed by atoms with Gasteiger partial charge in [-0.2, -0.15) is 10.3 Å². The fourth-order valence-electron chi connectivity index (χ4n) is 20.5. The normalized spacial score (nSPS) is 17.1. The van der Waals surface area contributed by atoms with E-state index in [2.05, 4.69) is 135 Å². The molecule has 0 bridgehead atoms. The zero-order valence-electron chi connectivity index (χ0n) is 85.1. The Hall–Kier alpha value is -15.7. The van der Waals surface area contributed by atoms with Gasteiger partial charge in [0.2, 0.25) is 23.9 Å². The van der Waals surface area contributed by atoms with Gasteiger partial charge in [-0.15, -0.1) is 0 Å². The molecular formula is C124H127ClN12O13. The van der Waals surface area contributed by atoms with Crippen molar-refractivity contribution in [1.82, 2.24) is 50.5 Å². The van der Waals surface area contributed by atoms with Gasteiger partial charge in [0.15, 0.2) is 12.6 Å². The quantitative estimate of drug-likeness (QED) is 0.0106. The van der Waals surface area contributed by atoms with Crippen molar-refractivity contribution in [3.8, 4) is 11.9 Å². The molecule has 4 atom stereocenters. The lowest BCUT2D eigenvalue weighted by molar-refractivity contribution is -0.127. The van der Waals surface area contributed by atoms with E-state index < -0.39 is 18.1 Å². The number of ketones is 4. The van der Waals surface area contributed by atoms with Gasteiger partial charge in [0.25, 0.3) is 23.6 Å². The number of fused-ring (bicyclic) bond motifs is 4. The van der Waals surface area contributed by atoms with Crippen LogP contribution in [0.3, 0.4) is 0 Å². The minimum Gasteiger partial charge on any atom is -0.467 e. The van der Waals surface area contributed by atoms with Crippen LogP contribution < -0.4 is 20.7 Å². The van der Waals surface area contributed by atoms with Gasteiger partial charge >= 0.3 is 0 Å². The first-order valence-corrected chi connectivity index (χ1v) is 52.3. The number of allylic oxidation sites excluding steroid dienone is 4. The van der Waals surface area contributed by atoms with Gasteiger partial charge in [-0.1, -0.05) is 177 Å². The fourth-order valence-corrected chi connectivity index (χ4v) is 20.7. The van der Waals surface area contributed by atoms with Crippen LogP contribution in [0.15, 0.2) is 291 Å². The van der Waals surface area contributed by atoms with E-state index >= 15 is 0 Å². The number of halogens is 1. The molecule has 7 amide bonds. The number of aliphatic imine (C=N–C) groups is 1. The van der Waals surface area contributed by atoms with Crippen molar-refractivity contribution < 1.29 is 62.2 Å². The number of piperidine rings is 3. The van der Waals surface area contributed by atoms with E-state index in [0.29, 0.717) is 211 Å². The first-order valence-electron chi connectivity index (χ1n) is 52.0. The molecule has 19 rings (SSSR count). The molecular weight excluding hydrogens is 1900 g/mol. The van der Waals surface area contributed by atoms with Gasteiger partial charge in [-0.05, 0) is 309 Å². The Kier molecular flexibility index (Phi) is 37.0. The Labute approximate surface area is 881 Å². The number of aryl methyl sites for hydroxylation is 9. The average Bonchev–Trinajstić information content (AvgIpc) is 1.64. The number of nitrogens with one attached hydrogen (secondary N) is 3. The number of ether oxygens (including phenoxy) is 2. The Morgan fingerprint density at radius 2 is 0.700 bits per heavy atom. The van der Waals surface area contributed by atoms with Crippen LogP contribution in [0.1, 0.15) is 251 Å². The summed E-state index contributed by atoms with van der Waals surface area (Å²) >= 11 is 6.24. The Balaban J connectivity index is 0.000000143. The van der Waals surface area contributed by atoms with Gasteiger partial charge < -0.3 is 45.0 Å². The zero-order chi connectivity index (χ0) is 105. The molecule has 8 aromatic carbocycles. The molecule has 11 aromatic rings. The van der Waals surface area contributed by atoms with E-state index in [1.165, 1.54) is 22.3 Å². The summed E-state index contributed by atoms with van der Waals surface area (Å²) in [6.45, 7) is 19.6. The predicted molar refractivity (Wildman–Crippen MR) is 576 cm³/mol. The van der Waals surface area contributed by atoms with Crippen LogP contribution in [0, 0.1) is 18.4 Å². The van der Waals surface area contributed by atoms with Gasteiger partial charge in [0.1, 0.15) is 41.2 Å². The largest absolute Gasteiger partial charge is 0.467 e. The number of amides is 7. The van der Waals surface area contributed by atoms with Crippen LogP contribution in [-0.4, -0.2) is 136 Å². The highest BCUT2D eigenvalue weighted by atomic mass is 35.5. The highest BCUT2D eigenvalue weighted by Crippen LogP contribution is 2.37. The number of rotatable bonds is 39. The number of hydrogen-bond acceptors (Lipinski definition) is 18. The first kappa shape index (κ1) is 107. The lowest BCUT2D eigenvalue weighted by atomic mass is 9.90. The van der Waals surface area contributed by atoms with Crippen LogP contribution in [0.2, 0.25) is 5.02 Å². The van der Waals surface area contributed by atoms with Crippen molar-refractivity contribution in [2.45, 2.75) is 250 Å². The second-order valence-corrected chi connectivity index (χ2v) is 40.5. The van der Waals surface area contributed by atoms with Crippen molar-refractivity contribution in [2.75, 3.05) is 6.79 Å². The van der Waals surface area contributed by atoms with Crippen LogP contribution in [0.4, 0.5) is 0 Å². The molecule has 4 fully saturated rings. The molecule has 3 aromatic heterocycles. The molecule has 10 heterocycles. The minimum atomic E-state index is -0.473. The van der Waals surface area contributed by atoms with Gasteiger partial charge in [0.05, 0.1) is 12.6 Å². The van der Waals surface area contributed by atoms with Gasteiger partial charge in [-0.25, -0.2) is 0 Å². The second kappa shape index (κ2) is 51.8. The van der Waals surface area contributed by atoms with Crippen molar-refractivity contribution in [2.24, 2.45) is 4.99 Å². The lowest BCUT2D eigenvalue weighted by Gasteiger charge is -2.30. The van der Waals surface area contributed by atoms with E-state index in [9.17, 15) is 52.7 Å². The zero-order valence-corrected chi connectivity index (χ0v) is 85.9. The number of pyridine rings is 3. The summed E-state index contributed by atoms with van der Waals surface area (Å²) in [6, 6.07) is 63.8. The highest BCUT2D eigenvalue weighted by molar-refractivity contribution is 6.31. The summed E-state index contributed by atoms with van der Waals surface area (Å²) < 4.78 is 11.1. The number of aromatic nitrogens is 3. The van der Waals surface area contributed by atoms with Crippen LogP contribution >= 0.6 is 11.6 Å². The molecule has 25 nitrogen and oxygen atoms in total. The number of unbranched alkanes of at least 4 members (excludes halogenated alkanes) is 2. The molecule has 768 valence electrons. The molecule has 1 saturated carbocycles. The number of carbonyl (C=O) groups is 11.